The maximum atomic E-state index is 13.0. The zero-order valence-electron chi connectivity index (χ0n) is 18.3. The highest BCUT2D eigenvalue weighted by atomic mass is 32.2. The highest BCUT2D eigenvalue weighted by Gasteiger charge is 2.28. The quantitative estimate of drug-likeness (QED) is 0.169. The van der Waals surface area contributed by atoms with Gasteiger partial charge in [0.25, 0.3) is 15.7 Å². The first-order valence-electron chi connectivity index (χ1n) is 10.3. The molecule has 0 bridgehead atoms. The van der Waals surface area contributed by atoms with E-state index in [1.54, 1.807) is 12.3 Å². The van der Waals surface area contributed by atoms with Crippen LogP contribution in [0.15, 0.2) is 71.1 Å². The number of hydrogen-bond acceptors (Lipinski definition) is 7. The predicted octanol–water partition coefficient (Wildman–Crippen LogP) is 3.60. The van der Waals surface area contributed by atoms with Gasteiger partial charge in [-0.25, -0.2) is 8.42 Å². The Labute approximate surface area is 205 Å². The summed E-state index contributed by atoms with van der Waals surface area (Å²) in [5.41, 5.74) is 2.16. The van der Waals surface area contributed by atoms with Gasteiger partial charge in [0.05, 0.1) is 16.9 Å². The molecule has 0 amide bonds. The Morgan fingerprint density at radius 2 is 1.89 bits per heavy atom. The highest BCUT2D eigenvalue weighted by molar-refractivity contribution is 7.91. The van der Waals surface area contributed by atoms with E-state index in [1.165, 1.54) is 37.4 Å². The van der Waals surface area contributed by atoms with Crippen LogP contribution in [0.1, 0.15) is 16.0 Å². The van der Waals surface area contributed by atoms with Crippen LogP contribution in [0.2, 0.25) is 0 Å². The fourth-order valence-corrected chi connectivity index (χ4v) is 5.77. The fourth-order valence-electron chi connectivity index (χ4n) is 3.41. The van der Waals surface area contributed by atoms with Gasteiger partial charge in [-0.05, 0) is 35.9 Å². The molecular weight excluding hydrogens is 490 g/mol. The monoisotopic (exact) mass is 509 g/mol. The largest absolute Gasteiger partial charge is 0.468 e. The topological polar surface area (TPSA) is 131 Å². The number of carbonyl (C=O) groups is 1. The normalized spacial score (nSPS) is 12.0. The van der Waals surface area contributed by atoms with Crippen molar-refractivity contribution >= 4 is 43.9 Å². The molecule has 1 atom stereocenters. The SMILES string of the molecule is COC(=O)[C@@H](Cc1c[nH]c2ccccc12)NS(=O)(=O)c1ccc(C#Cc2ccc([N+](=O)[O-])cc2)s1. The number of thiophene rings is 1. The molecule has 2 aromatic carbocycles. The summed E-state index contributed by atoms with van der Waals surface area (Å²) in [5, 5.41) is 11.6. The Hall–Kier alpha value is -3.98. The van der Waals surface area contributed by atoms with Crippen LogP contribution in [0.4, 0.5) is 5.69 Å². The van der Waals surface area contributed by atoms with E-state index in [1.807, 2.05) is 24.3 Å². The summed E-state index contributed by atoms with van der Waals surface area (Å²) in [4.78, 5) is 26.2. The van der Waals surface area contributed by atoms with Crippen molar-refractivity contribution in [1.82, 2.24) is 9.71 Å². The van der Waals surface area contributed by atoms with Crippen molar-refractivity contribution in [3.8, 4) is 11.8 Å². The number of esters is 1. The molecule has 0 fully saturated rings. The van der Waals surface area contributed by atoms with Gasteiger partial charge in [0.2, 0.25) is 0 Å². The first-order chi connectivity index (χ1) is 16.8. The van der Waals surface area contributed by atoms with E-state index in [2.05, 4.69) is 21.5 Å². The maximum Gasteiger partial charge on any atom is 0.324 e. The van der Waals surface area contributed by atoms with Crippen LogP contribution in [-0.2, 0) is 26.0 Å². The molecule has 35 heavy (non-hydrogen) atoms. The Morgan fingerprint density at radius 1 is 1.14 bits per heavy atom. The third kappa shape index (κ3) is 5.58. The molecule has 2 heterocycles. The minimum atomic E-state index is -4.03. The van der Waals surface area contributed by atoms with Gasteiger partial charge in [-0.2, -0.15) is 4.72 Å². The fraction of sp³-hybridized carbons (Fsp3) is 0.125. The molecule has 0 aliphatic carbocycles. The number of nitro groups is 1. The molecule has 0 aliphatic heterocycles. The summed E-state index contributed by atoms with van der Waals surface area (Å²) in [6, 6.07) is 15.1. The van der Waals surface area contributed by atoms with E-state index >= 15 is 0 Å². The summed E-state index contributed by atoms with van der Waals surface area (Å²) >= 11 is 0.948. The smallest absolute Gasteiger partial charge is 0.324 e. The molecule has 0 unspecified atom stereocenters. The lowest BCUT2D eigenvalue weighted by atomic mass is 10.1. The summed E-state index contributed by atoms with van der Waals surface area (Å²) in [7, 11) is -2.83. The number of nitrogens with one attached hydrogen (secondary N) is 2. The molecule has 2 aromatic heterocycles. The van der Waals surface area contributed by atoms with Crippen LogP contribution < -0.4 is 4.72 Å². The number of nitro benzene ring substituents is 1. The van der Waals surface area contributed by atoms with Crippen LogP contribution in [0.3, 0.4) is 0 Å². The van der Waals surface area contributed by atoms with E-state index in [9.17, 15) is 23.3 Å². The standard InChI is InChI=1S/C24H19N3O6S2/c1-33-24(28)22(14-17-15-25-21-5-3-2-4-20(17)21)26-35(31,32)23-13-12-19(34-23)11-8-16-6-9-18(10-7-16)27(29)30/h2-7,9-10,12-13,15,22,25-26H,14H2,1H3/t22-/m1/s1. The maximum absolute atomic E-state index is 13.0. The van der Waals surface area contributed by atoms with Crippen LogP contribution in [-0.4, -0.2) is 37.4 Å². The van der Waals surface area contributed by atoms with E-state index in [0.717, 1.165) is 27.8 Å². The summed E-state index contributed by atoms with van der Waals surface area (Å²) in [6.07, 6.45) is 1.85. The Morgan fingerprint density at radius 3 is 2.60 bits per heavy atom. The lowest BCUT2D eigenvalue weighted by molar-refractivity contribution is -0.384. The number of methoxy groups -OCH3 is 1. The van der Waals surface area contributed by atoms with E-state index in [4.69, 9.17) is 4.74 Å². The number of para-hydroxylation sites is 1. The third-order valence-corrected chi connectivity index (χ3v) is 8.10. The zero-order valence-corrected chi connectivity index (χ0v) is 20.0. The van der Waals surface area contributed by atoms with Gasteiger partial charge in [-0.3, -0.25) is 14.9 Å². The molecule has 9 nitrogen and oxygen atoms in total. The van der Waals surface area contributed by atoms with Crippen LogP contribution in [0.5, 0.6) is 0 Å². The molecule has 0 radical (unpaired) electrons. The van der Waals surface area contributed by atoms with E-state index in [0.29, 0.717) is 10.4 Å². The van der Waals surface area contributed by atoms with Crippen molar-refractivity contribution in [3.05, 3.63) is 93.0 Å². The first kappa shape index (κ1) is 24.2. The highest BCUT2D eigenvalue weighted by Crippen LogP contribution is 2.23. The summed E-state index contributed by atoms with van der Waals surface area (Å²) in [5.74, 6) is 5.01. The lowest BCUT2D eigenvalue weighted by Crippen LogP contribution is -2.42. The van der Waals surface area contributed by atoms with Gasteiger partial charge in [-0.1, -0.05) is 30.0 Å². The number of nitrogens with zero attached hydrogens (tertiary/aromatic N) is 1. The first-order valence-corrected chi connectivity index (χ1v) is 12.6. The lowest BCUT2D eigenvalue weighted by Gasteiger charge is -2.15. The minimum Gasteiger partial charge on any atom is -0.468 e. The molecule has 0 saturated carbocycles. The average Bonchev–Trinajstić information content (AvgIpc) is 3.50. The van der Waals surface area contributed by atoms with Crippen molar-refractivity contribution in [2.24, 2.45) is 0 Å². The van der Waals surface area contributed by atoms with E-state index in [-0.39, 0.29) is 16.3 Å². The molecule has 0 saturated heterocycles. The number of rotatable bonds is 7. The van der Waals surface area contributed by atoms with Crippen molar-refractivity contribution in [3.63, 3.8) is 0 Å². The molecule has 4 aromatic rings. The molecular formula is C24H19N3O6S2. The van der Waals surface area contributed by atoms with Gasteiger partial charge < -0.3 is 9.72 Å². The van der Waals surface area contributed by atoms with Gasteiger partial charge in [0.1, 0.15) is 10.3 Å². The zero-order chi connectivity index (χ0) is 25.0. The third-order valence-electron chi connectivity index (χ3n) is 5.14. The average molecular weight is 510 g/mol. The summed E-state index contributed by atoms with van der Waals surface area (Å²) in [6.45, 7) is 0. The van der Waals surface area contributed by atoms with Crippen molar-refractivity contribution in [2.75, 3.05) is 7.11 Å². The predicted molar refractivity (Wildman–Crippen MR) is 132 cm³/mol. The Balaban J connectivity index is 1.52. The number of ether oxygens (including phenoxy) is 1. The number of aromatic nitrogens is 1. The Bertz CT molecular complexity index is 1560. The number of carbonyl (C=O) groups excluding carboxylic acids is 1. The van der Waals surface area contributed by atoms with Crippen molar-refractivity contribution in [2.45, 2.75) is 16.7 Å². The van der Waals surface area contributed by atoms with Crippen LogP contribution in [0, 0.1) is 22.0 Å². The van der Waals surface area contributed by atoms with Crippen LogP contribution >= 0.6 is 11.3 Å². The number of fused-ring (bicyclic) bond motifs is 1. The number of hydrogen-bond donors (Lipinski definition) is 2. The molecule has 2 N–H and O–H groups in total. The van der Waals surface area contributed by atoms with Crippen molar-refractivity contribution in [1.29, 1.82) is 0 Å². The number of benzene rings is 2. The number of H-pyrrole nitrogens is 1. The van der Waals surface area contributed by atoms with Crippen LogP contribution in [0.25, 0.3) is 10.9 Å². The van der Waals surface area contributed by atoms with Gasteiger partial charge >= 0.3 is 5.97 Å². The Kier molecular flexibility index (Phi) is 6.97. The molecule has 0 aliphatic rings. The second-order valence-electron chi connectivity index (χ2n) is 7.43. The number of non-ortho nitro benzene ring substituents is 1. The van der Waals surface area contributed by atoms with E-state index < -0.39 is 27.0 Å². The van der Waals surface area contributed by atoms with Gasteiger partial charge in [0, 0.05) is 41.2 Å². The molecule has 0 spiro atoms. The molecule has 4 rings (SSSR count). The summed E-state index contributed by atoms with van der Waals surface area (Å²) < 4.78 is 33.3. The number of sulfonamides is 1. The minimum absolute atomic E-state index is 0.00155. The molecule has 11 heteroatoms. The van der Waals surface area contributed by atoms with Crippen molar-refractivity contribution < 1.29 is 22.9 Å². The van der Waals surface area contributed by atoms with Gasteiger partial charge in [-0.15, -0.1) is 11.3 Å². The van der Waals surface area contributed by atoms with Gasteiger partial charge in [0.15, 0.2) is 0 Å². The second kappa shape index (κ2) is 10.1. The second-order valence-corrected chi connectivity index (χ2v) is 10.5. The molecule has 178 valence electrons. The number of aromatic amines is 1.